The van der Waals surface area contributed by atoms with E-state index in [1.807, 2.05) is 0 Å². The topological polar surface area (TPSA) is 82.2 Å². The molecule has 0 aliphatic carbocycles. The number of amides is 1. The number of nitrogen functional groups attached to an aromatic ring is 1. The molecule has 1 aromatic heterocycles. The highest BCUT2D eigenvalue weighted by atomic mass is 19.2. The molecular formula is C13H16F2N4O2. The summed E-state index contributed by atoms with van der Waals surface area (Å²) >= 11 is 0. The first-order chi connectivity index (χ1) is 9.97. The maximum absolute atomic E-state index is 14.0. The average molecular weight is 298 g/mol. The number of fused-ring (bicyclic) bond motifs is 1. The van der Waals surface area contributed by atoms with Crippen molar-refractivity contribution in [1.29, 1.82) is 0 Å². The fourth-order valence-electron chi connectivity index (χ4n) is 2.07. The number of hydrogen-bond donors (Lipinski definition) is 2. The Bertz CT molecular complexity index is 672. The first-order valence-corrected chi connectivity index (χ1v) is 6.35. The van der Waals surface area contributed by atoms with E-state index in [-0.39, 0.29) is 22.9 Å². The number of nitrogens with zero attached hydrogens (tertiary/aromatic N) is 2. The number of ether oxygens (including phenoxy) is 1. The van der Waals surface area contributed by atoms with Gasteiger partial charge < -0.3 is 15.8 Å². The Morgan fingerprint density at radius 1 is 1.52 bits per heavy atom. The van der Waals surface area contributed by atoms with E-state index in [1.54, 1.807) is 0 Å². The van der Waals surface area contributed by atoms with Crippen LogP contribution in [-0.4, -0.2) is 35.7 Å². The largest absolute Gasteiger partial charge is 0.383 e. The summed E-state index contributed by atoms with van der Waals surface area (Å²) in [7, 11) is 1.51. The van der Waals surface area contributed by atoms with Crippen LogP contribution in [0.15, 0.2) is 12.1 Å². The molecule has 1 atom stereocenters. The van der Waals surface area contributed by atoms with Crippen LogP contribution in [0, 0.1) is 11.6 Å². The Kier molecular flexibility index (Phi) is 4.37. The molecule has 1 unspecified atom stereocenters. The first-order valence-electron chi connectivity index (χ1n) is 6.35. The second kappa shape index (κ2) is 6.04. The molecule has 0 aliphatic rings. The van der Waals surface area contributed by atoms with Crippen LogP contribution < -0.4 is 11.1 Å². The van der Waals surface area contributed by atoms with E-state index in [2.05, 4.69) is 10.3 Å². The lowest BCUT2D eigenvalue weighted by molar-refractivity contribution is -0.123. The van der Waals surface area contributed by atoms with E-state index in [4.69, 9.17) is 10.5 Å². The summed E-state index contributed by atoms with van der Waals surface area (Å²) in [6.07, 6.45) is 0. The van der Waals surface area contributed by atoms with Crippen molar-refractivity contribution in [2.45, 2.75) is 13.0 Å². The molecule has 0 spiro atoms. The van der Waals surface area contributed by atoms with Crippen molar-refractivity contribution in [3.63, 3.8) is 0 Å². The molecule has 0 radical (unpaired) electrons. The molecule has 6 nitrogen and oxygen atoms in total. The highest BCUT2D eigenvalue weighted by molar-refractivity contribution is 5.85. The predicted molar refractivity (Wildman–Crippen MR) is 73.7 cm³/mol. The Morgan fingerprint density at radius 3 is 2.90 bits per heavy atom. The fourth-order valence-corrected chi connectivity index (χ4v) is 2.07. The van der Waals surface area contributed by atoms with Crippen molar-refractivity contribution in [3.8, 4) is 0 Å². The minimum atomic E-state index is -1.08. The number of carbonyl (C=O) groups excluding carboxylic acids is 1. The number of nitrogens with two attached hydrogens (primary N) is 1. The molecule has 3 N–H and O–H groups in total. The third-order valence-corrected chi connectivity index (χ3v) is 3.14. The molecule has 8 heteroatoms. The number of hydrogen-bond acceptors (Lipinski definition) is 4. The van der Waals surface area contributed by atoms with Crippen molar-refractivity contribution in [1.82, 2.24) is 14.9 Å². The molecule has 2 rings (SSSR count). The van der Waals surface area contributed by atoms with E-state index in [9.17, 15) is 13.6 Å². The maximum Gasteiger partial charge on any atom is 0.243 e. The highest BCUT2D eigenvalue weighted by Crippen LogP contribution is 2.26. The van der Waals surface area contributed by atoms with Crippen LogP contribution >= 0.6 is 0 Å². The summed E-state index contributed by atoms with van der Waals surface area (Å²) in [5, 5.41) is 2.61. The summed E-state index contributed by atoms with van der Waals surface area (Å²) in [6, 6.07) is 1.46. The van der Waals surface area contributed by atoms with Crippen LogP contribution in [0.5, 0.6) is 0 Å². The second-order valence-electron chi connectivity index (χ2n) is 4.53. The smallest absolute Gasteiger partial charge is 0.243 e. The van der Waals surface area contributed by atoms with Crippen LogP contribution in [0.25, 0.3) is 11.0 Å². The highest BCUT2D eigenvalue weighted by Gasteiger charge is 2.23. The van der Waals surface area contributed by atoms with E-state index >= 15 is 0 Å². The van der Waals surface area contributed by atoms with E-state index in [0.29, 0.717) is 13.2 Å². The minimum Gasteiger partial charge on any atom is -0.383 e. The molecule has 2 aromatic rings. The van der Waals surface area contributed by atoms with Gasteiger partial charge in [0.2, 0.25) is 11.9 Å². The molecule has 0 saturated heterocycles. The molecule has 21 heavy (non-hydrogen) atoms. The molecule has 0 bridgehead atoms. The van der Waals surface area contributed by atoms with Crippen LogP contribution in [0.1, 0.15) is 13.0 Å². The number of methoxy groups -OCH3 is 1. The molecule has 0 fully saturated rings. The Balaban J connectivity index is 2.39. The average Bonchev–Trinajstić information content (AvgIpc) is 2.79. The SMILES string of the molecule is COCCNC(=O)C(C)n1c(N)nc2ccc(F)c(F)c21. The quantitative estimate of drug-likeness (QED) is 0.813. The van der Waals surface area contributed by atoms with Crippen molar-refractivity contribution < 1.29 is 18.3 Å². The van der Waals surface area contributed by atoms with Gasteiger partial charge in [0, 0.05) is 13.7 Å². The summed E-state index contributed by atoms with van der Waals surface area (Å²) in [4.78, 5) is 16.0. The van der Waals surface area contributed by atoms with Gasteiger partial charge in [0.1, 0.15) is 11.6 Å². The third-order valence-electron chi connectivity index (χ3n) is 3.14. The van der Waals surface area contributed by atoms with Gasteiger partial charge in [-0.05, 0) is 19.1 Å². The van der Waals surface area contributed by atoms with Crippen LogP contribution in [-0.2, 0) is 9.53 Å². The van der Waals surface area contributed by atoms with Crippen LogP contribution in [0.4, 0.5) is 14.7 Å². The van der Waals surface area contributed by atoms with Gasteiger partial charge >= 0.3 is 0 Å². The lowest BCUT2D eigenvalue weighted by atomic mass is 10.2. The number of imidazole rings is 1. The van der Waals surface area contributed by atoms with Crippen molar-refractivity contribution >= 4 is 22.9 Å². The first kappa shape index (κ1) is 15.2. The molecule has 1 amide bonds. The van der Waals surface area contributed by atoms with Gasteiger partial charge in [0.25, 0.3) is 0 Å². The van der Waals surface area contributed by atoms with Crippen LogP contribution in [0.3, 0.4) is 0 Å². The minimum absolute atomic E-state index is 0.0520. The zero-order chi connectivity index (χ0) is 15.6. The second-order valence-corrected chi connectivity index (χ2v) is 4.53. The standard InChI is InChI=1S/C13H16F2N4O2/c1-7(12(20)17-5-6-21-2)19-11-9(18-13(19)16)4-3-8(14)10(11)15/h3-4,7H,5-6H2,1-2H3,(H2,16,18)(H,17,20). The lowest BCUT2D eigenvalue weighted by Crippen LogP contribution is -2.33. The molecular weight excluding hydrogens is 282 g/mol. The zero-order valence-electron chi connectivity index (χ0n) is 11.7. The Labute approximate surface area is 119 Å². The maximum atomic E-state index is 14.0. The summed E-state index contributed by atoms with van der Waals surface area (Å²) in [5.74, 6) is -2.53. The van der Waals surface area contributed by atoms with Gasteiger partial charge in [-0.2, -0.15) is 0 Å². The van der Waals surface area contributed by atoms with Crippen molar-refractivity contribution in [3.05, 3.63) is 23.8 Å². The van der Waals surface area contributed by atoms with E-state index in [1.165, 1.54) is 24.7 Å². The van der Waals surface area contributed by atoms with E-state index in [0.717, 1.165) is 6.07 Å². The van der Waals surface area contributed by atoms with Gasteiger partial charge in [0.05, 0.1) is 12.1 Å². The fraction of sp³-hybridized carbons (Fsp3) is 0.385. The lowest BCUT2D eigenvalue weighted by Gasteiger charge is -2.16. The van der Waals surface area contributed by atoms with Crippen molar-refractivity contribution in [2.24, 2.45) is 0 Å². The van der Waals surface area contributed by atoms with Gasteiger partial charge in [-0.1, -0.05) is 0 Å². The Hall–Kier alpha value is -2.22. The number of benzene rings is 1. The number of nitrogens with one attached hydrogen (secondary N) is 1. The number of anilines is 1. The third kappa shape index (κ3) is 2.80. The molecule has 1 aromatic carbocycles. The van der Waals surface area contributed by atoms with Gasteiger partial charge in [-0.3, -0.25) is 9.36 Å². The number of carbonyl (C=O) groups is 1. The summed E-state index contributed by atoms with van der Waals surface area (Å²) in [6.45, 7) is 2.19. The Morgan fingerprint density at radius 2 is 2.24 bits per heavy atom. The summed E-state index contributed by atoms with van der Waals surface area (Å²) in [5.41, 5.74) is 5.80. The van der Waals surface area contributed by atoms with Gasteiger partial charge in [0.15, 0.2) is 11.6 Å². The molecule has 0 aliphatic heterocycles. The normalized spacial score (nSPS) is 12.6. The monoisotopic (exact) mass is 298 g/mol. The molecule has 1 heterocycles. The summed E-state index contributed by atoms with van der Waals surface area (Å²) < 4.78 is 33.3. The van der Waals surface area contributed by atoms with Crippen LogP contribution in [0.2, 0.25) is 0 Å². The van der Waals surface area contributed by atoms with Crippen molar-refractivity contribution in [2.75, 3.05) is 26.0 Å². The number of aromatic nitrogens is 2. The van der Waals surface area contributed by atoms with Gasteiger partial charge in [-0.15, -0.1) is 0 Å². The zero-order valence-corrected chi connectivity index (χ0v) is 11.7. The van der Waals surface area contributed by atoms with Gasteiger partial charge in [-0.25, -0.2) is 13.8 Å². The number of halogens is 2. The molecule has 114 valence electrons. The van der Waals surface area contributed by atoms with E-state index < -0.39 is 17.7 Å². The number of rotatable bonds is 5. The molecule has 0 saturated carbocycles. The predicted octanol–water partition coefficient (Wildman–Crippen LogP) is 1.22.